The Hall–Kier alpha value is -1.76. The van der Waals surface area contributed by atoms with Gasteiger partial charge in [-0.1, -0.05) is 35.5 Å². The first-order valence-corrected chi connectivity index (χ1v) is 9.21. The lowest BCUT2D eigenvalue weighted by molar-refractivity contribution is 0.0351. The number of aliphatic hydroxyl groups is 1. The minimum atomic E-state index is -0.437. The van der Waals surface area contributed by atoms with E-state index in [4.69, 9.17) is 4.52 Å². The third-order valence-electron chi connectivity index (χ3n) is 5.22. The Balaban J connectivity index is 1.29. The summed E-state index contributed by atoms with van der Waals surface area (Å²) in [5.74, 6) is 2.12. The molecule has 4 rings (SSSR count). The van der Waals surface area contributed by atoms with Crippen molar-refractivity contribution in [2.75, 3.05) is 26.2 Å². The van der Waals surface area contributed by atoms with Crippen LogP contribution >= 0.6 is 0 Å². The number of piperazine rings is 1. The van der Waals surface area contributed by atoms with Gasteiger partial charge < -0.3 is 9.63 Å². The van der Waals surface area contributed by atoms with E-state index >= 15 is 0 Å². The van der Waals surface area contributed by atoms with Crippen molar-refractivity contribution in [3.05, 3.63) is 47.6 Å². The fraction of sp³-hybridized carbons (Fsp3) is 0.579. The molecule has 6 nitrogen and oxygen atoms in total. The molecule has 1 aliphatic heterocycles. The number of nitrogens with zero attached hydrogens (tertiary/aromatic N) is 4. The van der Waals surface area contributed by atoms with Crippen molar-refractivity contribution < 1.29 is 9.63 Å². The average molecular weight is 342 g/mol. The van der Waals surface area contributed by atoms with Crippen molar-refractivity contribution in [1.82, 2.24) is 19.9 Å². The predicted octanol–water partition coefficient (Wildman–Crippen LogP) is 2.19. The monoisotopic (exact) mass is 342 g/mol. The zero-order valence-electron chi connectivity index (χ0n) is 14.7. The molecule has 6 heteroatoms. The molecule has 1 aliphatic carbocycles. The second kappa shape index (κ2) is 7.23. The van der Waals surface area contributed by atoms with Crippen LogP contribution < -0.4 is 0 Å². The highest BCUT2D eigenvalue weighted by Gasteiger charge is 2.31. The molecule has 0 spiro atoms. The van der Waals surface area contributed by atoms with Crippen LogP contribution in [0.2, 0.25) is 0 Å². The van der Waals surface area contributed by atoms with Crippen molar-refractivity contribution >= 4 is 0 Å². The fourth-order valence-corrected chi connectivity index (χ4v) is 3.52. The Bertz CT molecular complexity index is 686. The normalized spacial score (nSPS) is 23.7. The van der Waals surface area contributed by atoms with E-state index in [1.807, 2.05) is 30.3 Å². The Morgan fingerprint density at radius 2 is 2.04 bits per heavy atom. The summed E-state index contributed by atoms with van der Waals surface area (Å²) in [5, 5.41) is 14.6. The van der Waals surface area contributed by atoms with E-state index in [0.717, 1.165) is 43.5 Å². The topological polar surface area (TPSA) is 65.6 Å². The molecule has 2 fully saturated rings. The minimum Gasteiger partial charge on any atom is -0.387 e. The summed E-state index contributed by atoms with van der Waals surface area (Å²) in [6.45, 7) is 6.49. The third kappa shape index (κ3) is 4.08. The molecule has 1 aromatic carbocycles. The Labute approximate surface area is 148 Å². The molecule has 1 aromatic heterocycles. The SMILES string of the molecule is C[C@@H]1CN(Cc2noc(C3CC3)n2)CCN1C[C@@H](O)c1ccccc1. The number of hydrogen-bond acceptors (Lipinski definition) is 6. The smallest absolute Gasteiger partial charge is 0.229 e. The van der Waals surface area contributed by atoms with E-state index in [9.17, 15) is 5.11 Å². The summed E-state index contributed by atoms with van der Waals surface area (Å²) < 4.78 is 5.35. The van der Waals surface area contributed by atoms with Gasteiger partial charge in [-0.05, 0) is 25.3 Å². The van der Waals surface area contributed by atoms with E-state index in [1.54, 1.807) is 0 Å². The van der Waals surface area contributed by atoms with E-state index in [2.05, 4.69) is 26.9 Å². The largest absolute Gasteiger partial charge is 0.387 e. The first kappa shape index (κ1) is 16.7. The summed E-state index contributed by atoms with van der Waals surface area (Å²) >= 11 is 0. The molecule has 0 bridgehead atoms. The van der Waals surface area contributed by atoms with Gasteiger partial charge in [-0.25, -0.2) is 0 Å². The van der Waals surface area contributed by atoms with Gasteiger partial charge in [-0.3, -0.25) is 9.80 Å². The third-order valence-corrected chi connectivity index (χ3v) is 5.22. The molecule has 1 saturated carbocycles. The zero-order chi connectivity index (χ0) is 17.2. The average Bonchev–Trinajstić information content (AvgIpc) is 3.38. The molecule has 0 radical (unpaired) electrons. The van der Waals surface area contributed by atoms with Crippen LogP contribution in [0.5, 0.6) is 0 Å². The van der Waals surface area contributed by atoms with Crippen LogP contribution in [0.1, 0.15) is 49.1 Å². The quantitative estimate of drug-likeness (QED) is 0.868. The van der Waals surface area contributed by atoms with Crippen LogP contribution in [-0.4, -0.2) is 57.3 Å². The molecule has 2 aliphatic rings. The number of aliphatic hydroxyl groups excluding tert-OH is 1. The van der Waals surface area contributed by atoms with E-state index in [1.165, 1.54) is 12.8 Å². The lowest BCUT2D eigenvalue weighted by Crippen LogP contribution is -2.52. The van der Waals surface area contributed by atoms with Gasteiger partial charge in [0.25, 0.3) is 0 Å². The minimum absolute atomic E-state index is 0.391. The highest BCUT2D eigenvalue weighted by Crippen LogP contribution is 2.38. The zero-order valence-corrected chi connectivity index (χ0v) is 14.7. The second-order valence-corrected chi connectivity index (χ2v) is 7.33. The number of benzene rings is 1. The summed E-state index contributed by atoms with van der Waals surface area (Å²) in [6, 6.07) is 10.3. The standard InChI is InChI=1S/C19H26N4O2/c1-14-11-22(13-18-20-19(25-21-18)16-7-8-16)9-10-23(14)12-17(24)15-5-3-2-4-6-15/h2-6,14,16-17,24H,7-13H2,1H3/t14-,17-/m1/s1. The van der Waals surface area contributed by atoms with E-state index in [-0.39, 0.29) is 0 Å². The summed E-state index contributed by atoms with van der Waals surface area (Å²) in [6.07, 6.45) is 1.93. The first-order chi connectivity index (χ1) is 12.2. The van der Waals surface area contributed by atoms with Gasteiger partial charge in [0.1, 0.15) is 0 Å². The van der Waals surface area contributed by atoms with E-state index < -0.39 is 6.10 Å². The van der Waals surface area contributed by atoms with Gasteiger partial charge in [-0.2, -0.15) is 4.98 Å². The Morgan fingerprint density at radius 3 is 2.76 bits per heavy atom. The summed E-state index contributed by atoms with van der Waals surface area (Å²) in [4.78, 5) is 9.26. The van der Waals surface area contributed by atoms with Crippen molar-refractivity contribution in [2.24, 2.45) is 0 Å². The van der Waals surface area contributed by atoms with Gasteiger partial charge in [0.2, 0.25) is 5.89 Å². The highest BCUT2D eigenvalue weighted by molar-refractivity contribution is 5.17. The number of rotatable bonds is 6. The van der Waals surface area contributed by atoms with Crippen LogP contribution in [-0.2, 0) is 6.54 Å². The van der Waals surface area contributed by atoms with Crippen molar-refractivity contribution in [1.29, 1.82) is 0 Å². The van der Waals surface area contributed by atoms with Gasteiger partial charge in [0, 0.05) is 38.1 Å². The van der Waals surface area contributed by atoms with Gasteiger partial charge >= 0.3 is 0 Å². The van der Waals surface area contributed by atoms with Crippen LogP contribution in [0.4, 0.5) is 0 Å². The maximum atomic E-state index is 10.5. The van der Waals surface area contributed by atoms with Crippen LogP contribution in [0, 0.1) is 0 Å². The predicted molar refractivity (Wildman–Crippen MR) is 94.0 cm³/mol. The van der Waals surface area contributed by atoms with Gasteiger partial charge in [0.15, 0.2) is 5.82 Å². The maximum absolute atomic E-state index is 10.5. The molecular formula is C19H26N4O2. The van der Waals surface area contributed by atoms with Gasteiger partial charge in [0.05, 0.1) is 12.6 Å². The van der Waals surface area contributed by atoms with Gasteiger partial charge in [-0.15, -0.1) is 0 Å². The Morgan fingerprint density at radius 1 is 1.24 bits per heavy atom. The number of aromatic nitrogens is 2. The molecule has 1 N–H and O–H groups in total. The summed E-state index contributed by atoms with van der Waals surface area (Å²) in [7, 11) is 0. The van der Waals surface area contributed by atoms with Crippen LogP contribution in [0.3, 0.4) is 0 Å². The molecule has 2 heterocycles. The van der Waals surface area contributed by atoms with Crippen molar-refractivity contribution in [3.8, 4) is 0 Å². The van der Waals surface area contributed by atoms with Crippen LogP contribution in [0.15, 0.2) is 34.9 Å². The molecule has 0 amide bonds. The molecule has 1 saturated heterocycles. The molecule has 25 heavy (non-hydrogen) atoms. The molecular weight excluding hydrogens is 316 g/mol. The lowest BCUT2D eigenvalue weighted by atomic mass is 10.1. The summed E-state index contributed by atoms with van der Waals surface area (Å²) in [5.41, 5.74) is 0.983. The molecule has 134 valence electrons. The fourth-order valence-electron chi connectivity index (χ4n) is 3.52. The first-order valence-electron chi connectivity index (χ1n) is 9.21. The maximum Gasteiger partial charge on any atom is 0.229 e. The van der Waals surface area contributed by atoms with Crippen LogP contribution in [0.25, 0.3) is 0 Å². The molecule has 0 unspecified atom stereocenters. The number of β-amino-alcohol motifs (C(OH)–C–C–N with tert-alkyl or cyclic N) is 1. The van der Waals surface area contributed by atoms with E-state index in [0.29, 0.717) is 18.5 Å². The van der Waals surface area contributed by atoms with Crippen molar-refractivity contribution in [3.63, 3.8) is 0 Å². The molecule has 2 aromatic rings. The second-order valence-electron chi connectivity index (χ2n) is 7.33. The Kier molecular flexibility index (Phi) is 4.83. The molecule has 2 atom stereocenters. The lowest BCUT2D eigenvalue weighted by Gasteiger charge is -2.40. The highest BCUT2D eigenvalue weighted by atomic mass is 16.5. The number of hydrogen-bond donors (Lipinski definition) is 1. The van der Waals surface area contributed by atoms with Crippen molar-refractivity contribution in [2.45, 2.75) is 44.4 Å².